The summed E-state index contributed by atoms with van der Waals surface area (Å²) in [6.07, 6.45) is 3.17. The van der Waals surface area contributed by atoms with Gasteiger partial charge in [0, 0.05) is 6.04 Å². The van der Waals surface area contributed by atoms with Crippen LogP contribution >= 0.6 is 0 Å². The van der Waals surface area contributed by atoms with E-state index in [0.717, 1.165) is 25.0 Å². The van der Waals surface area contributed by atoms with Crippen molar-refractivity contribution in [2.24, 2.45) is 5.73 Å². The minimum Gasteiger partial charge on any atom is -0.496 e. The van der Waals surface area contributed by atoms with Crippen molar-refractivity contribution < 1.29 is 4.74 Å². The molecule has 2 N–H and O–H groups in total. The average Bonchev–Trinajstić information content (AvgIpc) is 2.58. The fourth-order valence-corrected chi connectivity index (χ4v) is 2.18. The van der Waals surface area contributed by atoms with Gasteiger partial charge in [-0.25, -0.2) is 0 Å². The Hall–Kier alpha value is -1.02. The topological polar surface area (TPSA) is 35.2 Å². The third-order valence-electron chi connectivity index (χ3n) is 3.05. The van der Waals surface area contributed by atoms with Crippen LogP contribution in [-0.4, -0.2) is 7.11 Å². The van der Waals surface area contributed by atoms with E-state index in [-0.39, 0.29) is 6.04 Å². The molecule has 1 aromatic carbocycles. The van der Waals surface area contributed by atoms with E-state index in [2.05, 4.69) is 19.1 Å². The van der Waals surface area contributed by atoms with Crippen molar-refractivity contribution >= 4 is 0 Å². The van der Waals surface area contributed by atoms with E-state index in [1.54, 1.807) is 7.11 Å². The summed E-state index contributed by atoms with van der Waals surface area (Å²) in [4.78, 5) is 0. The van der Waals surface area contributed by atoms with Crippen LogP contribution in [-0.2, 0) is 12.8 Å². The van der Waals surface area contributed by atoms with Gasteiger partial charge in [0.2, 0.25) is 0 Å². The predicted molar refractivity (Wildman–Crippen MR) is 57.6 cm³/mol. The maximum atomic E-state index is 6.02. The summed E-state index contributed by atoms with van der Waals surface area (Å²) in [6, 6.07) is 4.61. The second kappa shape index (κ2) is 3.62. The van der Waals surface area contributed by atoms with Crippen LogP contribution in [0.15, 0.2) is 12.1 Å². The molecule has 1 aromatic rings. The van der Waals surface area contributed by atoms with Gasteiger partial charge in [-0.2, -0.15) is 0 Å². The highest BCUT2D eigenvalue weighted by molar-refractivity contribution is 5.46. The number of fused-ring (bicyclic) bond motifs is 1. The molecular formula is C12H17NO. The standard InChI is InChI=1S/C12H17NO/c1-3-8-6-10-9(4-5-11(10)13)7-12(8)14-2/h6-7,11H,3-5,13H2,1-2H3/t11-/m1/s1. The molecule has 1 aliphatic rings. The van der Waals surface area contributed by atoms with Crippen molar-refractivity contribution in [2.45, 2.75) is 32.2 Å². The highest BCUT2D eigenvalue weighted by atomic mass is 16.5. The molecule has 0 bridgehead atoms. The second-order valence-corrected chi connectivity index (χ2v) is 3.86. The van der Waals surface area contributed by atoms with Crippen LogP contribution in [0.5, 0.6) is 5.75 Å². The minimum absolute atomic E-state index is 0.237. The molecule has 0 fully saturated rings. The predicted octanol–water partition coefficient (Wildman–Crippen LogP) is 2.20. The Kier molecular flexibility index (Phi) is 2.46. The molecule has 0 saturated carbocycles. The van der Waals surface area contributed by atoms with E-state index in [0.29, 0.717) is 0 Å². The van der Waals surface area contributed by atoms with Crippen LogP contribution in [0.3, 0.4) is 0 Å². The number of hydrogen-bond donors (Lipinski definition) is 1. The molecule has 0 unspecified atom stereocenters. The van der Waals surface area contributed by atoms with E-state index in [4.69, 9.17) is 10.5 Å². The number of aryl methyl sites for hydroxylation is 2. The first kappa shape index (κ1) is 9.53. The van der Waals surface area contributed by atoms with Crippen LogP contribution in [0.2, 0.25) is 0 Å². The van der Waals surface area contributed by atoms with Crippen molar-refractivity contribution in [1.82, 2.24) is 0 Å². The lowest BCUT2D eigenvalue weighted by molar-refractivity contribution is 0.409. The third-order valence-corrected chi connectivity index (χ3v) is 3.05. The van der Waals surface area contributed by atoms with Crippen LogP contribution in [0.1, 0.15) is 36.1 Å². The lowest BCUT2D eigenvalue weighted by atomic mass is 10.0. The molecule has 1 atom stereocenters. The van der Waals surface area contributed by atoms with Gasteiger partial charge in [-0.05, 0) is 42.0 Å². The number of nitrogens with two attached hydrogens (primary N) is 1. The van der Waals surface area contributed by atoms with Crippen LogP contribution in [0.25, 0.3) is 0 Å². The molecule has 0 aromatic heterocycles. The average molecular weight is 191 g/mol. The van der Waals surface area contributed by atoms with E-state index >= 15 is 0 Å². The normalized spacial score (nSPS) is 19.5. The minimum atomic E-state index is 0.237. The quantitative estimate of drug-likeness (QED) is 0.777. The molecule has 2 rings (SSSR count). The van der Waals surface area contributed by atoms with Gasteiger partial charge >= 0.3 is 0 Å². The van der Waals surface area contributed by atoms with Gasteiger partial charge in [0.1, 0.15) is 5.75 Å². The molecule has 1 aliphatic carbocycles. The fourth-order valence-electron chi connectivity index (χ4n) is 2.18. The lowest BCUT2D eigenvalue weighted by Gasteiger charge is -2.11. The van der Waals surface area contributed by atoms with Crippen molar-refractivity contribution in [2.75, 3.05) is 7.11 Å². The van der Waals surface area contributed by atoms with Crippen LogP contribution in [0.4, 0.5) is 0 Å². The Morgan fingerprint density at radius 3 is 2.93 bits per heavy atom. The largest absolute Gasteiger partial charge is 0.496 e. The van der Waals surface area contributed by atoms with E-state index < -0.39 is 0 Å². The first-order valence-corrected chi connectivity index (χ1v) is 5.21. The first-order chi connectivity index (χ1) is 6.76. The summed E-state index contributed by atoms with van der Waals surface area (Å²) in [7, 11) is 1.73. The number of hydrogen-bond acceptors (Lipinski definition) is 2. The van der Waals surface area contributed by atoms with E-state index in [1.807, 2.05) is 0 Å². The zero-order valence-electron chi connectivity index (χ0n) is 8.84. The number of ether oxygens (including phenoxy) is 1. The number of benzene rings is 1. The zero-order chi connectivity index (χ0) is 10.1. The SMILES string of the molecule is CCc1cc2c(cc1OC)CC[C@H]2N. The van der Waals surface area contributed by atoms with Gasteiger partial charge in [-0.1, -0.05) is 13.0 Å². The Morgan fingerprint density at radius 1 is 1.50 bits per heavy atom. The molecule has 0 heterocycles. The Morgan fingerprint density at radius 2 is 2.29 bits per heavy atom. The van der Waals surface area contributed by atoms with Gasteiger partial charge in [0.25, 0.3) is 0 Å². The van der Waals surface area contributed by atoms with E-state index in [1.165, 1.54) is 16.7 Å². The molecule has 0 amide bonds. The summed E-state index contributed by atoms with van der Waals surface area (Å²) in [5.74, 6) is 1.01. The summed E-state index contributed by atoms with van der Waals surface area (Å²) >= 11 is 0. The Balaban J connectivity index is 2.49. The molecule has 0 spiro atoms. The van der Waals surface area contributed by atoms with Gasteiger partial charge in [0.15, 0.2) is 0 Å². The lowest BCUT2D eigenvalue weighted by Crippen LogP contribution is -2.06. The molecule has 14 heavy (non-hydrogen) atoms. The summed E-state index contributed by atoms with van der Waals surface area (Å²) in [5.41, 5.74) is 9.98. The second-order valence-electron chi connectivity index (χ2n) is 3.86. The summed E-state index contributed by atoms with van der Waals surface area (Å²) in [5, 5.41) is 0. The zero-order valence-corrected chi connectivity index (χ0v) is 8.84. The highest BCUT2D eigenvalue weighted by Crippen LogP contribution is 2.34. The van der Waals surface area contributed by atoms with Gasteiger partial charge in [-0.15, -0.1) is 0 Å². The van der Waals surface area contributed by atoms with E-state index in [9.17, 15) is 0 Å². The van der Waals surface area contributed by atoms with Gasteiger partial charge in [-0.3, -0.25) is 0 Å². The smallest absolute Gasteiger partial charge is 0.122 e. The maximum absolute atomic E-state index is 6.02. The fraction of sp³-hybridized carbons (Fsp3) is 0.500. The molecule has 76 valence electrons. The molecule has 2 heteroatoms. The molecule has 2 nitrogen and oxygen atoms in total. The van der Waals surface area contributed by atoms with Crippen molar-refractivity contribution in [3.8, 4) is 5.75 Å². The number of rotatable bonds is 2. The first-order valence-electron chi connectivity index (χ1n) is 5.21. The Labute approximate surface area is 85.1 Å². The Bertz CT molecular complexity index is 346. The summed E-state index contributed by atoms with van der Waals surface area (Å²) in [6.45, 7) is 2.14. The molecule has 0 saturated heterocycles. The van der Waals surface area contributed by atoms with Crippen molar-refractivity contribution in [1.29, 1.82) is 0 Å². The van der Waals surface area contributed by atoms with Crippen LogP contribution in [0, 0.1) is 0 Å². The van der Waals surface area contributed by atoms with Gasteiger partial charge in [0.05, 0.1) is 7.11 Å². The van der Waals surface area contributed by atoms with Crippen molar-refractivity contribution in [3.05, 3.63) is 28.8 Å². The maximum Gasteiger partial charge on any atom is 0.122 e. The monoisotopic (exact) mass is 191 g/mol. The highest BCUT2D eigenvalue weighted by Gasteiger charge is 2.20. The summed E-state index contributed by atoms with van der Waals surface area (Å²) < 4.78 is 5.36. The van der Waals surface area contributed by atoms with Crippen molar-refractivity contribution in [3.63, 3.8) is 0 Å². The third kappa shape index (κ3) is 1.40. The van der Waals surface area contributed by atoms with Gasteiger partial charge < -0.3 is 10.5 Å². The molecule has 0 radical (unpaired) electrons. The number of methoxy groups -OCH3 is 1. The molecular weight excluding hydrogens is 174 g/mol. The molecule has 0 aliphatic heterocycles. The van der Waals surface area contributed by atoms with Crippen LogP contribution < -0.4 is 10.5 Å².